The third-order valence-electron chi connectivity index (χ3n) is 5.78. The van der Waals surface area contributed by atoms with Crippen LogP contribution in [0.4, 0.5) is 0 Å². The zero-order valence-electron chi connectivity index (χ0n) is 14.8. The normalized spacial score (nSPS) is 24.6. The minimum absolute atomic E-state index is 0.181. The fraction of sp³-hybridized carbons (Fsp3) is 0.476. The highest BCUT2D eigenvalue weighted by molar-refractivity contribution is 5.94. The zero-order chi connectivity index (χ0) is 17.1. The van der Waals surface area contributed by atoms with Crippen LogP contribution in [0.1, 0.15) is 41.6 Å². The van der Waals surface area contributed by atoms with Crippen molar-refractivity contribution in [3.8, 4) is 0 Å². The highest BCUT2D eigenvalue weighted by atomic mass is 16.2. The summed E-state index contributed by atoms with van der Waals surface area (Å²) in [4.78, 5) is 20.4. The van der Waals surface area contributed by atoms with E-state index in [1.165, 1.54) is 31.4 Å². The summed E-state index contributed by atoms with van der Waals surface area (Å²) in [5, 5.41) is 0. The topological polar surface area (TPSA) is 39.3 Å². The second kappa shape index (κ2) is 7.04. The molecule has 25 heavy (non-hydrogen) atoms. The van der Waals surface area contributed by atoms with Gasteiger partial charge in [0.25, 0.3) is 5.91 Å². The van der Waals surface area contributed by atoms with Gasteiger partial charge in [0.05, 0.1) is 5.56 Å². The number of hydrogen-bond acceptors (Lipinski definition) is 2. The highest BCUT2D eigenvalue weighted by Gasteiger charge is 2.40. The van der Waals surface area contributed by atoms with Crippen molar-refractivity contribution in [3.05, 3.63) is 59.9 Å². The first-order valence-corrected chi connectivity index (χ1v) is 9.43. The van der Waals surface area contributed by atoms with E-state index >= 15 is 0 Å². The van der Waals surface area contributed by atoms with Gasteiger partial charge in [0.1, 0.15) is 0 Å². The van der Waals surface area contributed by atoms with Gasteiger partial charge >= 0.3 is 0 Å². The number of amides is 1. The maximum Gasteiger partial charge on any atom is 0.255 e. The van der Waals surface area contributed by atoms with Crippen molar-refractivity contribution in [2.45, 2.75) is 32.2 Å². The lowest BCUT2D eigenvalue weighted by molar-refractivity contribution is 0.0113. The van der Waals surface area contributed by atoms with Crippen LogP contribution in [-0.2, 0) is 6.54 Å². The van der Waals surface area contributed by atoms with Crippen molar-refractivity contribution in [3.63, 3.8) is 0 Å². The maximum atomic E-state index is 12.8. The molecule has 2 fully saturated rings. The van der Waals surface area contributed by atoms with Crippen LogP contribution in [0.5, 0.6) is 0 Å². The van der Waals surface area contributed by atoms with E-state index in [-0.39, 0.29) is 11.3 Å². The minimum atomic E-state index is 0.181. The molecule has 0 saturated carbocycles. The number of rotatable bonds is 3. The summed E-state index contributed by atoms with van der Waals surface area (Å²) in [6.07, 6.45) is 8.49. The molecule has 4 rings (SSSR count). The number of piperidine rings is 2. The van der Waals surface area contributed by atoms with E-state index in [1.54, 1.807) is 0 Å². The van der Waals surface area contributed by atoms with Gasteiger partial charge in [-0.15, -0.1) is 0 Å². The van der Waals surface area contributed by atoms with Gasteiger partial charge in [0.2, 0.25) is 0 Å². The second-order valence-electron chi connectivity index (χ2n) is 7.73. The second-order valence-corrected chi connectivity index (χ2v) is 7.73. The molecule has 0 unspecified atom stereocenters. The Kier molecular flexibility index (Phi) is 4.62. The molecule has 3 heterocycles. The van der Waals surface area contributed by atoms with Gasteiger partial charge in [-0.05, 0) is 43.9 Å². The molecule has 2 aromatic rings. The van der Waals surface area contributed by atoms with Crippen molar-refractivity contribution in [1.82, 2.24) is 14.8 Å². The van der Waals surface area contributed by atoms with Crippen LogP contribution in [0.25, 0.3) is 0 Å². The molecule has 1 atom stereocenters. The molecular formula is C21H27N3O. The molecule has 1 aromatic heterocycles. The quantitative estimate of drug-likeness (QED) is 0.930. The van der Waals surface area contributed by atoms with E-state index < -0.39 is 0 Å². The summed E-state index contributed by atoms with van der Waals surface area (Å²) in [7, 11) is 0. The Bertz CT molecular complexity index is 693. The monoisotopic (exact) mass is 337 g/mol. The molecule has 132 valence electrons. The molecule has 2 saturated heterocycles. The number of nitrogens with one attached hydrogen (secondary N) is 1. The lowest BCUT2D eigenvalue weighted by Gasteiger charge is -2.48. The van der Waals surface area contributed by atoms with Gasteiger partial charge in [-0.25, -0.2) is 0 Å². The molecule has 2 aliphatic heterocycles. The maximum absolute atomic E-state index is 12.8. The van der Waals surface area contributed by atoms with Crippen molar-refractivity contribution in [2.24, 2.45) is 5.41 Å². The Morgan fingerprint density at radius 1 is 1.04 bits per heavy atom. The van der Waals surface area contributed by atoms with Gasteiger partial charge in [-0.3, -0.25) is 9.69 Å². The number of likely N-dealkylation sites (tertiary alicyclic amines) is 2. The number of aromatic amines is 1. The fourth-order valence-corrected chi connectivity index (χ4v) is 4.64. The van der Waals surface area contributed by atoms with E-state index in [1.807, 2.05) is 18.5 Å². The van der Waals surface area contributed by atoms with Crippen molar-refractivity contribution in [1.29, 1.82) is 0 Å². The third-order valence-corrected chi connectivity index (χ3v) is 5.78. The van der Waals surface area contributed by atoms with E-state index in [4.69, 9.17) is 0 Å². The molecule has 0 bridgehead atoms. The summed E-state index contributed by atoms with van der Waals surface area (Å²) in [6, 6.07) is 12.6. The molecule has 4 heteroatoms. The average Bonchev–Trinajstić information content (AvgIpc) is 3.17. The highest BCUT2D eigenvalue weighted by Crippen LogP contribution is 2.39. The standard InChI is InChI=1S/C21H27N3O/c25-20(19-8-11-22-14-19)24-13-5-10-21(17-24)9-4-12-23(16-21)15-18-6-2-1-3-7-18/h1-3,6-8,11,14,22H,4-5,9-10,12-13,15-17H2/t21-/m1/s1. The number of carbonyl (C=O) groups excluding carboxylic acids is 1. The summed E-state index contributed by atoms with van der Waals surface area (Å²) in [6.45, 7) is 5.10. The number of aromatic nitrogens is 1. The summed E-state index contributed by atoms with van der Waals surface area (Å²) in [5.74, 6) is 0.181. The zero-order valence-corrected chi connectivity index (χ0v) is 14.8. The molecular weight excluding hydrogens is 310 g/mol. The Morgan fingerprint density at radius 3 is 2.60 bits per heavy atom. The van der Waals surface area contributed by atoms with Crippen LogP contribution in [0.3, 0.4) is 0 Å². The predicted octanol–water partition coefficient (Wildman–Crippen LogP) is 3.53. The molecule has 0 aliphatic carbocycles. The molecule has 1 spiro atoms. The summed E-state index contributed by atoms with van der Waals surface area (Å²) in [5.41, 5.74) is 2.45. The van der Waals surface area contributed by atoms with Crippen LogP contribution in [-0.4, -0.2) is 46.9 Å². The van der Waals surface area contributed by atoms with E-state index in [9.17, 15) is 4.79 Å². The lowest BCUT2D eigenvalue weighted by atomic mass is 9.73. The lowest BCUT2D eigenvalue weighted by Crippen LogP contribution is -2.53. The number of benzene rings is 1. The third kappa shape index (κ3) is 3.64. The van der Waals surface area contributed by atoms with E-state index in [2.05, 4.69) is 45.1 Å². The Balaban J connectivity index is 1.44. The van der Waals surface area contributed by atoms with Crippen LogP contribution < -0.4 is 0 Å². The first-order chi connectivity index (χ1) is 12.2. The number of H-pyrrole nitrogens is 1. The molecule has 1 N–H and O–H groups in total. The Hall–Kier alpha value is -2.07. The Morgan fingerprint density at radius 2 is 1.84 bits per heavy atom. The smallest absolute Gasteiger partial charge is 0.255 e. The van der Waals surface area contributed by atoms with Crippen LogP contribution in [0.15, 0.2) is 48.8 Å². The first kappa shape index (κ1) is 16.4. The SMILES string of the molecule is O=C(c1cc[nH]c1)N1CCC[C@@]2(CCCN(Cc3ccccc3)C2)C1. The van der Waals surface area contributed by atoms with Gasteiger partial charge in [0, 0.05) is 44.0 Å². The summed E-state index contributed by atoms with van der Waals surface area (Å²) >= 11 is 0. The van der Waals surface area contributed by atoms with Gasteiger partial charge in [-0.1, -0.05) is 30.3 Å². The van der Waals surface area contributed by atoms with Crippen molar-refractivity contribution >= 4 is 5.91 Å². The van der Waals surface area contributed by atoms with Crippen molar-refractivity contribution < 1.29 is 4.79 Å². The first-order valence-electron chi connectivity index (χ1n) is 9.43. The average molecular weight is 337 g/mol. The number of hydrogen-bond donors (Lipinski definition) is 1. The minimum Gasteiger partial charge on any atom is -0.367 e. The van der Waals surface area contributed by atoms with E-state index in [0.717, 1.165) is 38.2 Å². The molecule has 0 radical (unpaired) electrons. The molecule has 1 amide bonds. The number of nitrogens with zero attached hydrogens (tertiary/aromatic N) is 2. The van der Waals surface area contributed by atoms with Gasteiger partial charge < -0.3 is 9.88 Å². The van der Waals surface area contributed by atoms with Crippen LogP contribution >= 0.6 is 0 Å². The van der Waals surface area contributed by atoms with Gasteiger partial charge in [-0.2, -0.15) is 0 Å². The largest absolute Gasteiger partial charge is 0.367 e. The van der Waals surface area contributed by atoms with Crippen LogP contribution in [0, 0.1) is 5.41 Å². The number of carbonyl (C=O) groups is 1. The molecule has 2 aliphatic rings. The summed E-state index contributed by atoms with van der Waals surface area (Å²) < 4.78 is 0. The van der Waals surface area contributed by atoms with Gasteiger partial charge in [0.15, 0.2) is 0 Å². The van der Waals surface area contributed by atoms with Crippen molar-refractivity contribution in [2.75, 3.05) is 26.2 Å². The van der Waals surface area contributed by atoms with E-state index in [0.29, 0.717) is 0 Å². The Labute approximate surface area is 149 Å². The van der Waals surface area contributed by atoms with Crippen LogP contribution in [0.2, 0.25) is 0 Å². The molecule has 1 aromatic carbocycles. The predicted molar refractivity (Wildman–Crippen MR) is 99.3 cm³/mol. The molecule has 4 nitrogen and oxygen atoms in total. The fourth-order valence-electron chi connectivity index (χ4n) is 4.64.